The van der Waals surface area contributed by atoms with Crippen molar-refractivity contribution in [2.75, 3.05) is 0 Å². The number of hydrogen-bond donors (Lipinski definition) is 1. The Bertz CT molecular complexity index is 564. The van der Waals surface area contributed by atoms with Crippen LogP contribution in [0.5, 0.6) is 0 Å². The summed E-state index contributed by atoms with van der Waals surface area (Å²) in [6.45, 7) is 1.75. The van der Waals surface area contributed by atoms with Crippen LogP contribution in [0.3, 0.4) is 0 Å². The SMILES string of the molecule is Cc1nc(=S)c2c(Br)ccc(F)c2[nH]1. The van der Waals surface area contributed by atoms with E-state index in [1.807, 2.05) is 0 Å². The summed E-state index contributed by atoms with van der Waals surface area (Å²) < 4.78 is 14.6. The van der Waals surface area contributed by atoms with Crippen LogP contribution >= 0.6 is 28.1 Å². The average molecular weight is 273 g/mol. The zero-order valence-electron chi connectivity index (χ0n) is 7.27. The molecule has 0 atom stereocenters. The normalized spacial score (nSPS) is 10.8. The van der Waals surface area contributed by atoms with Crippen molar-refractivity contribution in [3.05, 3.63) is 32.9 Å². The second-order valence-corrected chi connectivity index (χ2v) is 4.15. The molecular formula is C9H6BrFN2S. The molecule has 5 heteroatoms. The van der Waals surface area contributed by atoms with Gasteiger partial charge in [0.2, 0.25) is 0 Å². The topological polar surface area (TPSA) is 28.7 Å². The molecular weight excluding hydrogens is 267 g/mol. The molecule has 2 rings (SSSR count). The molecule has 0 bridgehead atoms. The number of nitrogens with zero attached hydrogens (tertiary/aromatic N) is 1. The Kier molecular flexibility index (Phi) is 2.36. The van der Waals surface area contributed by atoms with Crippen molar-refractivity contribution >= 4 is 39.1 Å². The Hall–Kier alpha value is -0.810. The molecule has 0 amide bonds. The summed E-state index contributed by atoms with van der Waals surface area (Å²) in [5, 5.41) is 0.616. The fourth-order valence-corrected chi connectivity index (χ4v) is 2.30. The maximum Gasteiger partial charge on any atom is 0.147 e. The van der Waals surface area contributed by atoms with E-state index in [2.05, 4.69) is 25.9 Å². The average Bonchev–Trinajstić information content (AvgIpc) is 2.10. The third kappa shape index (κ3) is 1.46. The summed E-state index contributed by atoms with van der Waals surface area (Å²) in [6, 6.07) is 3.01. The van der Waals surface area contributed by atoms with Gasteiger partial charge in [0.15, 0.2) is 0 Å². The van der Waals surface area contributed by atoms with Crippen LogP contribution in [0.25, 0.3) is 10.9 Å². The summed E-state index contributed by atoms with van der Waals surface area (Å²) in [5.74, 6) is 0.291. The monoisotopic (exact) mass is 272 g/mol. The summed E-state index contributed by atoms with van der Waals surface area (Å²) >= 11 is 8.37. The smallest absolute Gasteiger partial charge is 0.147 e. The third-order valence-corrected chi connectivity index (χ3v) is 2.85. The van der Waals surface area contributed by atoms with Gasteiger partial charge in [0.05, 0.1) is 10.9 Å². The number of aromatic nitrogens is 2. The second kappa shape index (κ2) is 3.40. The molecule has 0 saturated carbocycles. The lowest BCUT2D eigenvalue weighted by atomic mass is 10.2. The van der Waals surface area contributed by atoms with E-state index in [-0.39, 0.29) is 5.82 Å². The molecule has 2 aromatic rings. The number of rotatable bonds is 0. The highest BCUT2D eigenvalue weighted by Gasteiger charge is 2.07. The van der Waals surface area contributed by atoms with Crippen LogP contribution in [-0.4, -0.2) is 9.97 Å². The number of fused-ring (bicyclic) bond motifs is 1. The van der Waals surface area contributed by atoms with Gasteiger partial charge in [-0.2, -0.15) is 0 Å². The van der Waals surface area contributed by atoms with E-state index in [9.17, 15) is 4.39 Å². The van der Waals surface area contributed by atoms with Crippen molar-refractivity contribution in [3.63, 3.8) is 0 Å². The van der Waals surface area contributed by atoms with Gasteiger partial charge in [-0.3, -0.25) is 0 Å². The van der Waals surface area contributed by atoms with Crippen molar-refractivity contribution in [1.82, 2.24) is 9.97 Å². The molecule has 0 aliphatic heterocycles. The van der Waals surface area contributed by atoms with Gasteiger partial charge in [0.1, 0.15) is 16.3 Å². The van der Waals surface area contributed by atoms with Crippen molar-refractivity contribution in [2.45, 2.75) is 6.92 Å². The Balaban J connectivity index is 3.08. The molecule has 0 radical (unpaired) electrons. The van der Waals surface area contributed by atoms with E-state index >= 15 is 0 Å². The van der Waals surface area contributed by atoms with E-state index < -0.39 is 0 Å². The highest BCUT2D eigenvalue weighted by molar-refractivity contribution is 9.10. The molecule has 1 aromatic heterocycles. The van der Waals surface area contributed by atoms with E-state index in [1.165, 1.54) is 6.07 Å². The van der Waals surface area contributed by atoms with Crippen LogP contribution in [0.15, 0.2) is 16.6 Å². The summed E-state index contributed by atoms with van der Waals surface area (Å²) in [7, 11) is 0. The Morgan fingerprint density at radius 2 is 2.21 bits per heavy atom. The molecule has 0 unspecified atom stereocenters. The van der Waals surface area contributed by atoms with Crippen LogP contribution < -0.4 is 0 Å². The molecule has 1 aromatic carbocycles. The number of H-pyrrole nitrogens is 1. The molecule has 0 saturated heterocycles. The number of benzene rings is 1. The molecule has 0 aliphatic rings. The fourth-order valence-electron chi connectivity index (χ4n) is 1.30. The Morgan fingerprint density at radius 1 is 1.50 bits per heavy atom. The zero-order valence-corrected chi connectivity index (χ0v) is 9.67. The number of hydrogen-bond acceptors (Lipinski definition) is 2. The Morgan fingerprint density at radius 3 is 2.93 bits per heavy atom. The van der Waals surface area contributed by atoms with Gasteiger partial charge in [-0.15, -0.1) is 0 Å². The molecule has 14 heavy (non-hydrogen) atoms. The molecule has 1 heterocycles. The van der Waals surface area contributed by atoms with E-state index in [1.54, 1.807) is 13.0 Å². The van der Waals surface area contributed by atoms with E-state index in [0.717, 1.165) is 4.47 Å². The second-order valence-electron chi connectivity index (χ2n) is 2.91. The van der Waals surface area contributed by atoms with Gasteiger partial charge < -0.3 is 4.98 Å². The molecule has 0 fully saturated rings. The van der Waals surface area contributed by atoms with Crippen molar-refractivity contribution in [2.24, 2.45) is 0 Å². The van der Waals surface area contributed by atoms with Crippen LogP contribution in [0.2, 0.25) is 0 Å². The minimum absolute atomic E-state index is 0.320. The summed E-state index contributed by atoms with van der Waals surface area (Å²) in [5.41, 5.74) is 0.400. The largest absolute Gasteiger partial charge is 0.341 e. The maximum atomic E-state index is 13.4. The van der Waals surface area contributed by atoms with Gasteiger partial charge in [-0.05, 0) is 35.0 Å². The van der Waals surface area contributed by atoms with E-state index in [4.69, 9.17) is 12.2 Å². The summed E-state index contributed by atoms with van der Waals surface area (Å²) in [6.07, 6.45) is 0. The number of halogens is 2. The van der Waals surface area contributed by atoms with Crippen molar-refractivity contribution in [3.8, 4) is 0 Å². The molecule has 0 aliphatic carbocycles. The number of aryl methyl sites for hydroxylation is 1. The van der Waals surface area contributed by atoms with Gasteiger partial charge in [-0.25, -0.2) is 9.37 Å². The predicted octanol–water partition coefficient (Wildman–Crippen LogP) is 3.50. The highest BCUT2D eigenvalue weighted by Crippen LogP contribution is 2.25. The minimum Gasteiger partial charge on any atom is -0.341 e. The molecule has 72 valence electrons. The first-order valence-corrected chi connectivity index (χ1v) is 5.14. The lowest BCUT2D eigenvalue weighted by Crippen LogP contribution is -1.93. The first kappa shape index (κ1) is 9.73. The zero-order chi connectivity index (χ0) is 10.3. The summed E-state index contributed by atoms with van der Waals surface area (Å²) in [4.78, 5) is 6.92. The van der Waals surface area contributed by atoms with Gasteiger partial charge in [0, 0.05) is 4.47 Å². The fraction of sp³-hybridized carbons (Fsp3) is 0.111. The molecule has 2 nitrogen and oxygen atoms in total. The predicted molar refractivity (Wildman–Crippen MR) is 59.3 cm³/mol. The maximum absolute atomic E-state index is 13.4. The first-order valence-electron chi connectivity index (χ1n) is 3.94. The van der Waals surface area contributed by atoms with Crippen LogP contribution in [0, 0.1) is 17.4 Å². The molecule has 1 N–H and O–H groups in total. The van der Waals surface area contributed by atoms with E-state index in [0.29, 0.717) is 21.4 Å². The first-order chi connectivity index (χ1) is 6.59. The third-order valence-electron chi connectivity index (χ3n) is 1.89. The minimum atomic E-state index is -0.320. The van der Waals surface area contributed by atoms with Crippen LogP contribution in [0.4, 0.5) is 4.39 Å². The van der Waals surface area contributed by atoms with Crippen LogP contribution in [-0.2, 0) is 0 Å². The standard InChI is InChI=1S/C9H6BrFN2S/c1-4-12-8-6(11)3-2-5(10)7(8)9(14)13-4/h2-3H,1H3,(H,12,13,14). The lowest BCUT2D eigenvalue weighted by Gasteiger charge is -2.03. The van der Waals surface area contributed by atoms with Crippen molar-refractivity contribution < 1.29 is 4.39 Å². The van der Waals surface area contributed by atoms with Gasteiger partial charge >= 0.3 is 0 Å². The van der Waals surface area contributed by atoms with Crippen molar-refractivity contribution in [1.29, 1.82) is 0 Å². The quantitative estimate of drug-likeness (QED) is 0.744. The lowest BCUT2D eigenvalue weighted by molar-refractivity contribution is 0.635. The number of nitrogens with one attached hydrogen (secondary N) is 1. The van der Waals surface area contributed by atoms with Gasteiger partial charge in [0.25, 0.3) is 0 Å². The molecule has 0 spiro atoms. The van der Waals surface area contributed by atoms with Gasteiger partial charge in [-0.1, -0.05) is 12.2 Å². The van der Waals surface area contributed by atoms with Crippen LogP contribution in [0.1, 0.15) is 5.82 Å². The highest BCUT2D eigenvalue weighted by atomic mass is 79.9. The Labute approximate surface area is 93.3 Å². The number of aromatic amines is 1.